The van der Waals surface area contributed by atoms with Gasteiger partial charge in [0.05, 0.1) is 10.5 Å². The number of rotatable bonds is 4. The van der Waals surface area contributed by atoms with Gasteiger partial charge in [0.15, 0.2) is 0 Å². The lowest BCUT2D eigenvalue weighted by Crippen LogP contribution is -2.40. The lowest BCUT2D eigenvalue weighted by atomic mass is 9.79. The first-order chi connectivity index (χ1) is 9.39. The Labute approximate surface area is 116 Å². The molecule has 0 radical (unpaired) electrons. The molecule has 0 saturated heterocycles. The zero-order valence-electron chi connectivity index (χ0n) is 11.4. The van der Waals surface area contributed by atoms with Crippen LogP contribution >= 0.6 is 0 Å². The number of anilines is 2. The first-order valence-electron chi connectivity index (χ1n) is 6.63. The Balaban J connectivity index is 2.07. The van der Waals surface area contributed by atoms with Crippen LogP contribution in [-0.4, -0.2) is 32.1 Å². The van der Waals surface area contributed by atoms with Crippen molar-refractivity contribution in [3.63, 3.8) is 0 Å². The fourth-order valence-corrected chi connectivity index (χ4v) is 2.38. The van der Waals surface area contributed by atoms with Crippen molar-refractivity contribution < 1.29 is 10.0 Å². The third-order valence-corrected chi connectivity index (χ3v) is 3.77. The number of aromatic nitrogens is 2. The number of nitrogens with one attached hydrogen (secondary N) is 1. The molecule has 1 heterocycles. The van der Waals surface area contributed by atoms with E-state index in [1.807, 2.05) is 0 Å². The van der Waals surface area contributed by atoms with E-state index in [1.165, 1.54) is 0 Å². The third-order valence-electron chi connectivity index (χ3n) is 3.77. The summed E-state index contributed by atoms with van der Waals surface area (Å²) in [5, 5.41) is 24.2. The van der Waals surface area contributed by atoms with Gasteiger partial charge in [-0.05, 0) is 31.6 Å². The molecule has 0 atom stereocenters. The van der Waals surface area contributed by atoms with Crippen molar-refractivity contribution in [1.29, 1.82) is 0 Å². The predicted molar refractivity (Wildman–Crippen MR) is 74.2 cm³/mol. The molecule has 1 aromatic rings. The molecule has 1 aromatic heterocycles. The molecule has 20 heavy (non-hydrogen) atoms. The normalized spacial score (nSPS) is 26.2. The largest absolute Gasteiger partial charge is 0.388 e. The van der Waals surface area contributed by atoms with E-state index < -0.39 is 10.5 Å². The maximum absolute atomic E-state index is 10.9. The van der Waals surface area contributed by atoms with Crippen LogP contribution in [0.25, 0.3) is 0 Å². The fourth-order valence-electron chi connectivity index (χ4n) is 2.38. The highest BCUT2D eigenvalue weighted by Crippen LogP contribution is 2.32. The zero-order valence-corrected chi connectivity index (χ0v) is 11.4. The topological polar surface area (TPSA) is 127 Å². The van der Waals surface area contributed by atoms with Crippen LogP contribution in [0, 0.1) is 16.0 Å². The summed E-state index contributed by atoms with van der Waals surface area (Å²) in [6.07, 6.45) is 4.32. The van der Waals surface area contributed by atoms with Gasteiger partial charge in [0, 0.05) is 6.54 Å². The predicted octanol–water partition coefficient (Wildman–Crippen LogP) is 1.32. The molecule has 2 rings (SSSR count). The summed E-state index contributed by atoms with van der Waals surface area (Å²) in [5.74, 6) is 0.621. The standard InChI is InChI=1S/C12H19N5O3/c1-8-2-4-12(18,5-3-8)7-15-10-9(17(19)20)6-14-11(13)16-10/h6,8,18H,2-5,7H2,1H3,(H3,13,14,15,16). The van der Waals surface area contributed by atoms with Crippen molar-refractivity contribution in [2.24, 2.45) is 5.92 Å². The summed E-state index contributed by atoms with van der Waals surface area (Å²) < 4.78 is 0. The molecule has 0 spiro atoms. The Kier molecular flexibility index (Phi) is 4.03. The van der Waals surface area contributed by atoms with Crippen molar-refractivity contribution in [2.75, 3.05) is 17.6 Å². The minimum Gasteiger partial charge on any atom is -0.388 e. The van der Waals surface area contributed by atoms with E-state index in [1.54, 1.807) is 0 Å². The Hall–Kier alpha value is -1.96. The van der Waals surface area contributed by atoms with Crippen LogP contribution in [0.15, 0.2) is 6.20 Å². The van der Waals surface area contributed by atoms with Crippen LogP contribution < -0.4 is 11.1 Å². The molecular weight excluding hydrogens is 262 g/mol. The highest BCUT2D eigenvalue weighted by atomic mass is 16.6. The van der Waals surface area contributed by atoms with E-state index in [-0.39, 0.29) is 24.0 Å². The Morgan fingerprint density at radius 2 is 2.25 bits per heavy atom. The van der Waals surface area contributed by atoms with Gasteiger partial charge in [0.1, 0.15) is 6.20 Å². The molecule has 1 saturated carbocycles. The second-order valence-corrected chi connectivity index (χ2v) is 5.48. The van der Waals surface area contributed by atoms with E-state index in [0.29, 0.717) is 18.8 Å². The molecule has 0 unspecified atom stereocenters. The highest BCUT2D eigenvalue weighted by Gasteiger charge is 2.32. The molecule has 8 heteroatoms. The molecule has 1 aliphatic rings. The number of hydrogen-bond donors (Lipinski definition) is 3. The third kappa shape index (κ3) is 3.32. The van der Waals surface area contributed by atoms with E-state index in [2.05, 4.69) is 22.2 Å². The number of nitrogens with zero attached hydrogens (tertiary/aromatic N) is 3. The van der Waals surface area contributed by atoms with Gasteiger partial charge in [0.25, 0.3) is 0 Å². The van der Waals surface area contributed by atoms with Crippen molar-refractivity contribution in [3.8, 4) is 0 Å². The van der Waals surface area contributed by atoms with E-state index in [9.17, 15) is 15.2 Å². The number of nitrogen functional groups attached to an aromatic ring is 1. The highest BCUT2D eigenvalue weighted by molar-refractivity contribution is 5.56. The van der Waals surface area contributed by atoms with E-state index in [4.69, 9.17) is 5.73 Å². The molecule has 110 valence electrons. The molecule has 1 aliphatic carbocycles. The first kappa shape index (κ1) is 14.4. The summed E-state index contributed by atoms with van der Waals surface area (Å²) in [7, 11) is 0. The van der Waals surface area contributed by atoms with Crippen LogP contribution in [0.4, 0.5) is 17.5 Å². The van der Waals surface area contributed by atoms with Crippen LogP contribution in [0.2, 0.25) is 0 Å². The molecule has 1 fully saturated rings. The molecule has 0 aliphatic heterocycles. The molecule has 4 N–H and O–H groups in total. The lowest BCUT2D eigenvalue weighted by Gasteiger charge is -2.35. The van der Waals surface area contributed by atoms with Gasteiger partial charge in [-0.25, -0.2) is 4.98 Å². The van der Waals surface area contributed by atoms with Gasteiger partial charge in [-0.3, -0.25) is 10.1 Å². The SMILES string of the molecule is CC1CCC(O)(CNc2nc(N)ncc2[N+](=O)[O-])CC1. The maximum Gasteiger partial charge on any atom is 0.329 e. The average Bonchev–Trinajstić information content (AvgIpc) is 2.40. The van der Waals surface area contributed by atoms with Gasteiger partial charge in [-0.2, -0.15) is 4.98 Å². The molecule has 0 amide bonds. The molecule has 0 bridgehead atoms. The maximum atomic E-state index is 10.9. The number of nitro groups is 1. The summed E-state index contributed by atoms with van der Waals surface area (Å²) >= 11 is 0. The zero-order chi connectivity index (χ0) is 14.8. The van der Waals surface area contributed by atoms with Crippen LogP contribution in [0.3, 0.4) is 0 Å². The Morgan fingerprint density at radius 3 is 2.85 bits per heavy atom. The second-order valence-electron chi connectivity index (χ2n) is 5.48. The molecular formula is C12H19N5O3. The van der Waals surface area contributed by atoms with Crippen molar-refractivity contribution in [3.05, 3.63) is 16.3 Å². The monoisotopic (exact) mass is 281 g/mol. The van der Waals surface area contributed by atoms with Crippen molar-refractivity contribution in [1.82, 2.24) is 9.97 Å². The minimum atomic E-state index is -0.847. The summed E-state index contributed by atoms with van der Waals surface area (Å²) in [6, 6.07) is 0. The quantitative estimate of drug-likeness (QED) is 0.561. The van der Waals surface area contributed by atoms with Gasteiger partial charge in [-0.1, -0.05) is 6.92 Å². The van der Waals surface area contributed by atoms with Gasteiger partial charge in [0.2, 0.25) is 11.8 Å². The van der Waals surface area contributed by atoms with Crippen LogP contribution in [0.5, 0.6) is 0 Å². The summed E-state index contributed by atoms with van der Waals surface area (Å²) in [6.45, 7) is 2.37. The van der Waals surface area contributed by atoms with Gasteiger partial charge < -0.3 is 16.2 Å². The van der Waals surface area contributed by atoms with E-state index >= 15 is 0 Å². The Bertz CT molecular complexity index is 500. The summed E-state index contributed by atoms with van der Waals surface area (Å²) in [5.41, 5.74) is 4.35. The lowest BCUT2D eigenvalue weighted by molar-refractivity contribution is -0.384. The molecule has 8 nitrogen and oxygen atoms in total. The number of nitrogens with two attached hydrogens (primary N) is 1. The number of hydrogen-bond acceptors (Lipinski definition) is 7. The smallest absolute Gasteiger partial charge is 0.329 e. The second kappa shape index (κ2) is 5.58. The average molecular weight is 281 g/mol. The van der Waals surface area contributed by atoms with Gasteiger partial charge >= 0.3 is 5.69 Å². The van der Waals surface area contributed by atoms with Crippen LogP contribution in [0.1, 0.15) is 32.6 Å². The first-order valence-corrected chi connectivity index (χ1v) is 6.63. The summed E-state index contributed by atoms with van der Waals surface area (Å²) in [4.78, 5) is 17.7. The van der Waals surface area contributed by atoms with Crippen LogP contribution in [-0.2, 0) is 0 Å². The van der Waals surface area contributed by atoms with Crippen molar-refractivity contribution >= 4 is 17.5 Å². The number of aliphatic hydroxyl groups is 1. The van der Waals surface area contributed by atoms with Gasteiger partial charge in [-0.15, -0.1) is 0 Å². The Morgan fingerprint density at radius 1 is 1.60 bits per heavy atom. The van der Waals surface area contributed by atoms with E-state index in [0.717, 1.165) is 19.0 Å². The van der Waals surface area contributed by atoms with Crippen molar-refractivity contribution in [2.45, 2.75) is 38.2 Å². The minimum absolute atomic E-state index is 0.0395. The molecule has 0 aromatic carbocycles. The fraction of sp³-hybridized carbons (Fsp3) is 0.667.